The van der Waals surface area contributed by atoms with Crippen LogP contribution in [-0.2, 0) is 6.54 Å². The molecular weight excluding hydrogens is 262 g/mol. The average molecular weight is 274 g/mol. The Morgan fingerprint density at radius 2 is 1.63 bits per heavy atom. The second-order valence-electron chi connectivity index (χ2n) is 4.46. The molecule has 19 heavy (non-hydrogen) atoms. The third kappa shape index (κ3) is 2.25. The Balaban J connectivity index is 1.99. The third-order valence-corrected chi connectivity index (χ3v) is 3.44. The highest BCUT2D eigenvalue weighted by atomic mass is 35.5. The lowest BCUT2D eigenvalue weighted by molar-refractivity contribution is 0.474. The Labute approximate surface area is 116 Å². The zero-order valence-electron chi connectivity index (χ0n) is 10.0. The molecular formula is C15H12ClNO2. The predicted octanol–water partition coefficient (Wildman–Crippen LogP) is 3.66. The van der Waals surface area contributed by atoms with Crippen LogP contribution in [-0.4, -0.2) is 10.2 Å². The van der Waals surface area contributed by atoms with E-state index in [1.807, 2.05) is 29.3 Å². The van der Waals surface area contributed by atoms with Crippen LogP contribution in [0.5, 0.6) is 11.5 Å². The van der Waals surface area contributed by atoms with Crippen molar-refractivity contribution in [2.24, 2.45) is 0 Å². The smallest absolute Gasteiger partial charge is 0.116 e. The molecule has 1 heterocycles. The number of phenols is 2. The maximum atomic E-state index is 9.49. The van der Waals surface area contributed by atoms with Gasteiger partial charge in [-0.3, -0.25) is 0 Å². The molecule has 1 aliphatic heterocycles. The molecule has 0 radical (unpaired) electrons. The fourth-order valence-electron chi connectivity index (χ4n) is 2.17. The van der Waals surface area contributed by atoms with Gasteiger partial charge in [0.1, 0.15) is 11.5 Å². The van der Waals surface area contributed by atoms with Gasteiger partial charge in [0, 0.05) is 24.0 Å². The third-order valence-electron chi connectivity index (χ3n) is 3.14. The molecule has 0 aromatic heterocycles. The Kier molecular flexibility index (Phi) is 2.84. The number of nitrogens with zero attached hydrogens (tertiary/aromatic N) is 1. The monoisotopic (exact) mass is 273 g/mol. The van der Waals surface area contributed by atoms with Gasteiger partial charge >= 0.3 is 0 Å². The molecule has 2 aromatic rings. The minimum Gasteiger partial charge on any atom is -0.508 e. The Bertz CT molecular complexity index is 650. The SMILES string of the molecule is Oc1ccc(N2C=C(Cl)c3cc(O)ccc3C2)cc1. The van der Waals surface area contributed by atoms with Crippen molar-refractivity contribution < 1.29 is 10.2 Å². The molecule has 0 unspecified atom stereocenters. The molecule has 0 saturated carbocycles. The van der Waals surface area contributed by atoms with Crippen LogP contribution in [0.15, 0.2) is 48.7 Å². The minimum atomic E-state index is 0.211. The molecule has 4 heteroatoms. The summed E-state index contributed by atoms with van der Waals surface area (Å²) in [6.45, 7) is 0.677. The highest BCUT2D eigenvalue weighted by Gasteiger charge is 2.17. The van der Waals surface area contributed by atoms with E-state index in [0.29, 0.717) is 11.6 Å². The van der Waals surface area contributed by atoms with Crippen LogP contribution in [0.2, 0.25) is 0 Å². The Morgan fingerprint density at radius 1 is 0.947 bits per heavy atom. The first-order chi connectivity index (χ1) is 9.13. The van der Waals surface area contributed by atoms with Crippen molar-refractivity contribution in [2.75, 3.05) is 4.90 Å². The second kappa shape index (κ2) is 4.52. The van der Waals surface area contributed by atoms with Gasteiger partial charge in [0.05, 0.1) is 5.03 Å². The van der Waals surface area contributed by atoms with E-state index in [4.69, 9.17) is 11.6 Å². The summed E-state index contributed by atoms with van der Waals surface area (Å²) < 4.78 is 0. The van der Waals surface area contributed by atoms with Gasteiger partial charge in [0.25, 0.3) is 0 Å². The molecule has 1 aliphatic rings. The first kappa shape index (κ1) is 11.9. The summed E-state index contributed by atoms with van der Waals surface area (Å²) in [6.07, 6.45) is 1.83. The van der Waals surface area contributed by atoms with E-state index in [9.17, 15) is 10.2 Å². The van der Waals surface area contributed by atoms with Crippen LogP contribution in [0.25, 0.3) is 5.03 Å². The maximum Gasteiger partial charge on any atom is 0.116 e. The molecule has 96 valence electrons. The maximum absolute atomic E-state index is 9.49. The normalized spacial score (nSPS) is 13.9. The van der Waals surface area contributed by atoms with Crippen LogP contribution in [0.1, 0.15) is 11.1 Å². The zero-order chi connectivity index (χ0) is 13.4. The van der Waals surface area contributed by atoms with E-state index in [1.54, 1.807) is 24.3 Å². The van der Waals surface area contributed by atoms with Crippen LogP contribution in [0.4, 0.5) is 5.69 Å². The topological polar surface area (TPSA) is 43.7 Å². The largest absolute Gasteiger partial charge is 0.508 e. The highest BCUT2D eigenvalue weighted by molar-refractivity contribution is 6.49. The van der Waals surface area contributed by atoms with Crippen molar-refractivity contribution in [1.82, 2.24) is 0 Å². The number of halogens is 1. The predicted molar refractivity (Wildman–Crippen MR) is 76.2 cm³/mol. The fraction of sp³-hybridized carbons (Fsp3) is 0.0667. The number of aromatic hydroxyl groups is 2. The van der Waals surface area contributed by atoms with Crippen molar-refractivity contribution in [2.45, 2.75) is 6.54 Å². The van der Waals surface area contributed by atoms with Gasteiger partial charge < -0.3 is 15.1 Å². The van der Waals surface area contributed by atoms with Crippen molar-refractivity contribution in [3.63, 3.8) is 0 Å². The first-order valence-corrected chi connectivity index (χ1v) is 6.26. The summed E-state index contributed by atoms with van der Waals surface area (Å²) in [6, 6.07) is 12.1. The van der Waals surface area contributed by atoms with Crippen molar-refractivity contribution in [3.8, 4) is 11.5 Å². The van der Waals surface area contributed by atoms with Crippen molar-refractivity contribution in [1.29, 1.82) is 0 Å². The van der Waals surface area contributed by atoms with Crippen LogP contribution < -0.4 is 4.90 Å². The van der Waals surface area contributed by atoms with Crippen LogP contribution >= 0.6 is 11.6 Å². The number of benzene rings is 2. The molecule has 0 aliphatic carbocycles. The quantitative estimate of drug-likeness (QED) is 0.833. The number of hydrogen-bond donors (Lipinski definition) is 2. The van der Waals surface area contributed by atoms with E-state index in [2.05, 4.69) is 0 Å². The van der Waals surface area contributed by atoms with E-state index in [0.717, 1.165) is 16.8 Å². The minimum absolute atomic E-state index is 0.211. The van der Waals surface area contributed by atoms with Gasteiger partial charge in [-0.25, -0.2) is 0 Å². The van der Waals surface area contributed by atoms with E-state index in [-0.39, 0.29) is 11.5 Å². The first-order valence-electron chi connectivity index (χ1n) is 5.89. The second-order valence-corrected chi connectivity index (χ2v) is 4.87. The van der Waals surface area contributed by atoms with Crippen molar-refractivity contribution in [3.05, 3.63) is 59.8 Å². The molecule has 0 spiro atoms. The van der Waals surface area contributed by atoms with Crippen LogP contribution in [0.3, 0.4) is 0 Å². The number of phenolic OH excluding ortho intramolecular Hbond substituents is 2. The van der Waals surface area contributed by atoms with Gasteiger partial charge in [-0.15, -0.1) is 0 Å². The lowest BCUT2D eigenvalue weighted by atomic mass is 10.0. The summed E-state index contributed by atoms with van der Waals surface area (Å²) in [5.74, 6) is 0.449. The van der Waals surface area contributed by atoms with Crippen molar-refractivity contribution >= 4 is 22.3 Å². The molecule has 0 fully saturated rings. The molecule has 2 N–H and O–H groups in total. The van der Waals surface area contributed by atoms with Gasteiger partial charge in [-0.05, 0) is 42.0 Å². The Hall–Kier alpha value is -2.13. The van der Waals surface area contributed by atoms with E-state index >= 15 is 0 Å². The molecule has 2 aromatic carbocycles. The summed E-state index contributed by atoms with van der Waals surface area (Å²) in [4.78, 5) is 2.00. The van der Waals surface area contributed by atoms with E-state index < -0.39 is 0 Å². The zero-order valence-corrected chi connectivity index (χ0v) is 10.8. The lowest BCUT2D eigenvalue weighted by Gasteiger charge is -2.27. The van der Waals surface area contributed by atoms with Gasteiger partial charge in [-0.1, -0.05) is 17.7 Å². The number of fused-ring (bicyclic) bond motifs is 1. The Morgan fingerprint density at radius 3 is 2.37 bits per heavy atom. The number of rotatable bonds is 1. The average Bonchev–Trinajstić information content (AvgIpc) is 2.40. The lowest BCUT2D eigenvalue weighted by Crippen LogP contribution is -2.20. The van der Waals surface area contributed by atoms with Gasteiger partial charge in [0.2, 0.25) is 0 Å². The molecule has 0 atom stereocenters. The molecule has 3 rings (SSSR count). The van der Waals surface area contributed by atoms with Gasteiger partial charge in [-0.2, -0.15) is 0 Å². The van der Waals surface area contributed by atoms with E-state index in [1.165, 1.54) is 0 Å². The molecule has 0 bridgehead atoms. The fourth-order valence-corrected chi connectivity index (χ4v) is 2.46. The summed E-state index contributed by atoms with van der Waals surface area (Å²) in [7, 11) is 0. The van der Waals surface area contributed by atoms with Crippen LogP contribution in [0, 0.1) is 0 Å². The highest BCUT2D eigenvalue weighted by Crippen LogP contribution is 2.34. The van der Waals surface area contributed by atoms with Gasteiger partial charge in [0.15, 0.2) is 0 Å². The summed E-state index contributed by atoms with van der Waals surface area (Å²) >= 11 is 6.25. The standard InChI is InChI=1S/C15H12ClNO2/c16-15-9-17(11-2-5-12(18)6-3-11)8-10-1-4-13(19)7-14(10)15/h1-7,9,18-19H,8H2. The molecule has 3 nitrogen and oxygen atoms in total. The summed E-state index contributed by atoms with van der Waals surface area (Å²) in [5.41, 5.74) is 2.87. The summed E-state index contributed by atoms with van der Waals surface area (Å²) in [5, 5.41) is 19.4. The molecule has 0 saturated heterocycles. The molecule has 0 amide bonds. The number of hydrogen-bond acceptors (Lipinski definition) is 3. The number of anilines is 1.